The fraction of sp³-hybridized carbons (Fsp3) is 0.0909. The molecular weight excluding hydrogens is 580 g/mol. The molecule has 4 aromatic carbocycles. The molecule has 0 fully saturated rings. The Bertz CT molecular complexity index is 1690. The summed E-state index contributed by atoms with van der Waals surface area (Å²) in [6.07, 6.45) is 1.46. The molecule has 4 amide bonds. The minimum atomic E-state index is -0.591. The van der Waals surface area contributed by atoms with Crippen LogP contribution in [0.5, 0.6) is 11.5 Å². The molecule has 0 unspecified atom stereocenters. The molecule has 5 N–H and O–H groups in total. The van der Waals surface area contributed by atoms with Crippen LogP contribution in [0.2, 0.25) is 0 Å². The van der Waals surface area contributed by atoms with E-state index in [1.165, 1.54) is 44.0 Å². The Balaban J connectivity index is 1.45. The quantitative estimate of drug-likeness (QED) is 0.111. The molecule has 0 saturated heterocycles. The average Bonchev–Trinajstić information content (AvgIpc) is 3.01. The number of aromatic hydroxyl groups is 1. The lowest BCUT2D eigenvalue weighted by Crippen LogP contribution is -2.30. The number of amides is 4. The molecule has 10 nitrogen and oxygen atoms in total. The van der Waals surface area contributed by atoms with Crippen LogP contribution >= 0.6 is 11.8 Å². The van der Waals surface area contributed by atoms with Gasteiger partial charge in [-0.25, -0.2) is 0 Å². The Kier molecular flexibility index (Phi) is 10.8. The Morgan fingerprint density at radius 2 is 1.50 bits per heavy atom. The number of methoxy groups -OCH3 is 1. The van der Waals surface area contributed by atoms with Gasteiger partial charge in [0.2, 0.25) is 11.8 Å². The van der Waals surface area contributed by atoms with Crippen LogP contribution in [0.15, 0.2) is 108 Å². The summed E-state index contributed by atoms with van der Waals surface area (Å²) in [6, 6.07) is 26.6. The van der Waals surface area contributed by atoms with Crippen molar-refractivity contribution in [2.75, 3.05) is 28.8 Å². The lowest BCUT2D eigenvalue weighted by atomic mass is 10.1. The van der Waals surface area contributed by atoms with Crippen molar-refractivity contribution in [1.29, 1.82) is 0 Å². The molecule has 0 aliphatic rings. The summed E-state index contributed by atoms with van der Waals surface area (Å²) in [4.78, 5) is 50.8. The zero-order valence-corrected chi connectivity index (χ0v) is 24.7. The highest BCUT2D eigenvalue weighted by Gasteiger charge is 2.17. The second kappa shape index (κ2) is 15.1. The standard InChI is InChI=1S/C33H30N4O6S/c1-21(38)34-24-12-14-25(15-13-24)35-31(40)20-44-28-10-6-9-26(18-28)36-33(42)29(37-32(41)22-7-4-3-5-8-22)17-23-11-16-27(39)19-30(23)43-2/h3-19,39H,20H2,1-2H3,(H,34,38)(H,35,40)(H,36,42)(H,37,41)/b29-17+. The fourth-order valence-corrected chi connectivity index (χ4v) is 4.72. The van der Waals surface area contributed by atoms with Gasteiger partial charge in [0.1, 0.15) is 17.2 Å². The zero-order chi connectivity index (χ0) is 31.5. The van der Waals surface area contributed by atoms with Crippen molar-refractivity contribution in [1.82, 2.24) is 5.32 Å². The van der Waals surface area contributed by atoms with Gasteiger partial charge in [-0.05, 0) is 72.8 Å². The van der Waals surface area contributed by atoms with Crippen molar-refractivity contribution in [2.45, 2.75) is 11.8 Å². The maximum Gasteiger partial charge on any atom is 0.272 e. The van der Waals surface area contributed by atoms with E-state index >= 15 is 0 Å². The van der Waals surface area contributed by atoms with Crippen molar-refractivity contribution in [3.05, 3.63) is 114 Å². The number of nitrogens with one attached hydrogen (secondary N) is 4. The smallest absolute Gasteiger partial charge is 0.272 e. The molecule has 4 aromatic rings. The Morgan fingerprint density at radius 1 is 0.795 bits per heavy atom. The fourth-order valence-electron chi connectivity index (χ4n) is 3.97. The third-order valence-corrected chi connectivity index (χ3v) is 6.99. The monoisotopic (exact) mass is 610 g/mol. The van der Waals surface area contributed by atoms with Gasteiger partial charge in [-0.3, -0.25) is 19.2 Å². The third-order valence-electron chi connectivity index (χ3n) is 6.00. The molecule has 0 aromatic heterocycles. The zero-order valence-electron chi connectivity index (χ0n) is 23.9. The molecule has 44 heavy (non-hydrogen) atoms. The second-order valence-corrected chi connectivity index (χ2v) is 10.4. The van der Waals surface area contributed by atoms with Crippen LogP contribution < -0.4 is 26.0 Å². The SMILES string of the molecule is COc1cc(O)ccc1/C=C(/NC(=O)c1ccccc1)C(=O)Nc1cccc(SCC(=O)Nc2ccc(NC(C)=O)cc2)c1. The Hall–Kier alpha value is -5.55. The summed E-state index contributed by atoms with van der Waals surface area (Å²) in [6.45, 7) is 1.42. The van der Waals surface area contributed by atoms with Gasteiger partial charge in [0.25, 0.3) is 11.8 Å². The van der Waals surface area contributed by atoms with Gasteiger partial charge in [-0.1, -0.05) is 24.3 Å². The first-order chi connectivity index (χ1) is 21.2. The summed E-state index contributed by atoms with van der Waals surface area (Å²) >= 11 is 1.28. The Morgan fingerprint density at radius 3 is 2.18 bits per heavy atom. The number of thioether (sulfide) groups is 1. The number of hydrogen-bond donors (Lipinski definition) is 5. The van der Waals surface area contributed by atoms with Gasteiger partial charge in [0, 0.05) is 46.1 Å². The maximum absolute atomic E-state index is 13.4. The maximum atomic E-state index is 13.4. The average molecular weight is 611 g/mol. The number of phenols is 1. The molecular formula is C33H30N4O6S. The van der Waals surface area contributed by atoms with Gasteiger partial charge in [-0.15, -0.1) is 11.8 Å². The first-order valence-corrected chi connectivity index (χ1v) is 14.4. The van der Waals surface area contributed by atoms with Crippen LogP contribution in [-0.2, 0) is 14.4 Å². The van der Waals surface area contributed by atoms with Crippen LogP contribution in [-0.4, -0.2) is 41.6 Å². The molecule has 0 atom stereocenters. The Labute approximate surface area is 258 Å². The molecule has 224 valence electrons. The van der Waals surface area contributed by atoms with E-state index in [9.17, 15) is 24.3 Å². The van der Waals surface area contributed by atoms with Crippen LogP contribution in [0.3, 0.4) is 0 Å². The molecule has 11 heteroatoms. The summed E-state index contributed by atoms with van der Waals surface area (Å²) in [5.41, 5.74) is 2.45. The molecule has 0 saturated carbocycles. The largest absolute Gasteiger partial charge is 0.508 e. The predicted octanol–water partition coefficient (Wildman–Crippen LogP) is 5.50. The molecule has 0 aliphatic carbocycles. The first-order valence-electron chi connectivity index (χ1n) is 13.4. The number of ether oxygens (including phenoxy) is 1. The second-order valence-electron chi connectivity index (χ2n) is 9.38. The number of anilines is 3. The number of benzene rings is 4. The van der Waals surface area contributed by atoms with Crippen LogP contribution in [0, 0.1) is 0 Å². The van der Waals surface area contributed by atoms with Crippen molar-refractivity contribution < 1.29 is 29.0 Å². The molecule has 4 rings (SSSR count). The van der Waals surface area contributed by atoms with Crippen LogP contribution in [0.4, 0.5) is 17.1 Å². The summed E-state index contributed by atoms with van der Waals surface area (Å²) in [7, 11) is 1.43. The molecule has 0 aliphatic heterocycles. The molecule has 0 bridgehead atoms. The lowest BCUT2D eigenvalue weighted by molar-refractivity contribution is -0.114. The van der Waals surface area contributed by atoms with Crippen LogP contribution in [0.25, 0.3) is 6.08 Å². The van der Waals surface area contributed by atoms with E-state index in [2.05, 4.69) is 21.3 Å². The number of carbonyl (C=O) groups excluding carboxylic acids is 4. The van der Waals surface area contributed by atoms with Crippen molar-refractivity contribution in [3.8, 4) is 11.5 Å². The van der Waals surface area contributed by atoms with Crippen molar-refractivity contribution in [2.24, 2.45) is 0 Å². The summed E-state index contributed by atoms with van der Waals surface area (Å²) in [5, 5.41) is 20.8. The van der Waals surface area contributed by atoms with Crippen LogP contribution in [0.1, 0.15) is 22.8 Å². The predicted molar refractivity (Wildman–Crippen MR) is 172 cm³/mol. The minimum absolute atomic E-state index is 0.0128. The van der Waals surface area contributed by atoms with Gasteiger partial charge in [0.15, 0.2) is 0 Å². The molecule has 0 spiro atoms. The van der Waals surface area contributed by atoms with Gasteiger partial charge in [0.05, 0.1) is 12.9 Å². The number of phenolic OH excluding ortho intramolecular Hbond substituents is 1. The third kappa shape index (κ3) is 9.23. The van der Waals surface area contributed by atoms with E-state index < -0.39 is 11.8 Å². The van der Waals surface area contributed by atoms with Gasteiger partial charge < -0.3 is 31.1 Å². The van der Waals surface area contributed by atoms with Gasteiger partial charge in [-0.2, -0.15) is 0 Å². The minimum Gasteiger partial charge on any atom is -0.508 e. The van der Waals surface area contributed by atoms with E-state index in [1.807, 2.05) is 6.07 Å². The van der Waals surface area contributed by atoms with Crippen molar-refractivity contribution in [3.63, 3.8) is 0 Å². The number of hydrogen-bond acceptors (Lipinski definition) is 7. The highest BCUT2D eigenvalue weighted by atomic mass is 32.2. The number of carbonyl (C=O) groups is 4. The molecule has 0 heterocycles. The summed E-state index contributed by atoms with van der Waals surface area (Å²) in [5.74, 6) is -1.07. The highest BCUT2D eigenvalue weighted by Crippen LogP contribution is 2.27. The van der Waals surface area contributed by atoms with Crippen molar-refractivity contribution >= 4 is 58.5 Å². The van der Waals surface area contributed by atoms with E-state index in [4.69, 9.17) is 4.74 Å². The van der Waals surface area contributed by atoms with E-state index in [1.54, 1.807) is 78.9 Å². The number of rotatable bonds is 11. The van der Waals surface area contributed by atoms with E-state index in [0.29, 0.717) is 33.9 Å². The highest BCUT2D eigenvalue weighted by molar-refractivity contribution is 8.00. The normalized spacial score (nSPS) is 10.8. The summed E-state index contributed by atoms with van der Waals surface area (Å²) < 4.78 is 5.33. The first kappa shape index (κ1) is 31.4. The van der Waals surface area contributed by atoms with E-state index in [-0.39, 0.29) is 29.0 Å². The topological polar surface area (TPSA) is 146 Å². The van der Waals surface area contributed by atoms with Gasteiger partial charge >= 0.3 is 0 Å². The molecule has 0 radical (unpaired) electrons. The van der Waals surface area contributed by atoms with E-state index in [0.717, 1.165) is 4.90 Å². The lowest BCUT2D eigenvalue weighted by Gasteiger charge is -2.13.